The quantitative estimate of drug-likeness (QED) is 0.831. The fraction of sp³-hybridized carbons (Fsp3) is 0.273. The Balaban J connectivity index is 2.27. The second-order valence-electron chi connectivity index (χ2n) is 3.38. The molecule has 0 aliphatic carbocycles. The smallest absolute Gasteiger partial charge is 0.328 e. The van der Waals surface area contributed by atoms with Gasteiger partial charge in [-0.1, -0.05) is 0 Å². The SMILES string of the molecule is COC(=O)C(C)Nc1nccc2sccc12. The van der Waals surface area contributed by atoms with Crippen molar-refractivity contribution in [2.24, 2.45) is 0 Å². The summed E-state index contributed by atoms with van der Waals surface area (Å²) in [5.74, 6) is 0.422. The zero-order valence-corrected chi connectivity index (χ0v) is 9.88. The number of fused-ring (bicyclic) bond motifs is 1. The molecule has 2 aromatic rings. The number of nitrogens with zero attached hydrogens (tertiary/aromatic N) is 1. The highest BCUT2D eigenvalue weighted by Gasteiger charge is 2.14. The predicted octanol–water partition coefficient (Wildman–Crippen LogP) is 2.27. The molecule has 0 saturated heterocycles. The summed E-state index contributed by atoms with van der Waals surface area (Å²) in [5, 5.41) is 6.07. The Labute approximate surface area is 97.3 Å². The topological polar surface area (TPSA) is 51.2 Å². The van der Waals surface area contributed by atoms with Crippen molar-refractivity contribution < 1.29 is 9.53 Å². The lowest BCUT2D eigenvalue weighted by molar-refractivity contribution is -0.141. The average Bonchev–Trinajstić information content (AvgIpc) is 2.77. The molecule has 0 aliphatic rings. The number of ether oxygens (including phenoxy) is 1. The second kappa shape index (κ2) is 4.49. The highest BCUT2D eigenvalue weighted by Crippen LogP contribution is 2.26. The van der Waals surface area contributed by atoms with E-state index in [9.17, 15) is 4.79 Å². The van der Waals surface area contributed by atoms with Crippen LogP contribution in [0.15, 0.2) is 23.7 Å². The van der Waals surface area contributed by atoms with Crippen LogP contribution in [0.2, 0.25) is 0 Å². The maximum Gasteiger partial charge on any atom is 0.328 e. The van der Waals surface area contributed by atoms with Crippen LogP contribution >= 0.6 is 11.3 Å². The summed E-state index contributed by atoms with van der Waals surface area (Å²) in [5.41, 5.74) is 0. The highest BCUT2D eigenvalue weighted by molar-refractivity contribution is 7.17. The Morgan fingerprint density at radius 2 is 2.38 bits per heavy atom. The van der Waals surface area contributed by atoms with E-state index in [0.29, 0.717) is 0 Å². The molecule has 0 bridgehead atoms. The van der Waals surface area contributed by atoms with Crippen LogP contribution in [0.25, 0.3) is 10.1 Å². The number of hydrogen-bond donors (Lipinski definition) is 1. The van der Waals surface area contributed by atoms with Crippen molar-refractivity contribution in [3.63, 3.8) is 0 Å². The summed E-state index contributed by atoms with van der Waals surface area (Å²) >= 11 is 1.65. The van der Waals surface area contributed by atoms with Crippen molar-refractivity contribution in [2.45, 2.75) is 13.0 Å². The van der Waals surface area contributed by atoms with Gasteiger partial charge in [0.2, 0.25) is 0 Å². The van der Waals surface area contributed by atoms with E-state index in [4.69, 9.17) is 0 Å². The summed E-state index contributed by atoms with van der Waals surface area (Å²) in [6.45, 7) is 1.75. The lowest BCUT2D eigenvalue weighted by Gasteiger charge is -2.12. The lowest BCUT2D eigenvalue weighted by atomic mass is 10.3. The third-order valence-electron chi connectivity index (χ3n) is 2.29. The van der Waals surface area contributed by atoms with Gasteiger partial charge in [-0.3, -0.25) is 0 Å². The van der Waals surface area contributed by atoms with Gasteiger partial charge in [0.05, 0.1) is 7.11 Å². The van der Waals surface area contributed by atoms with Crippen LogP contribution in [0.3, 0.4) is 0 Å². The number of thiophene rings is 1. The lowest BCUT2D eigenvalue weighted by Crippen LogP contribution is -2.27. The van der Waals surface area contributed by atoms with Gasteiger partial charge >= 0.3 is 5.97 Å². The van der Waals surface area contributed by atoms with E-state index in [1.807, 2.05) is 17.5 Å². The van der Waals surface area contributed by atoms with Crippen LogP contribution in [0.4, 0.5) is 5.82 Å². The molecule has 0 saturated carbocycles. The van der Waals surface area contributed by atoms with Crippen molar-refractivity contribution in [1.82, 2.24) is 4.98 Å². The molecule has 0 spiro atoms. The van der Waals surface area contributed by atoms with E-state index < -0.39 is 6.04 Å². The first-order valence-corrected chi connectivity index (χ1v) is 5.77. The molecule has 1 atom stereocenters. The number of rotatable bonds is 3. The maximum atomic E-state index is 11.3. The number of anilines is 1. The van der Waals surface area contributed by atoms with Crippen molar-refractivity contribution in [3.05, 3.63) is 23.7 Å². The van der Waals surface area contributed by atoms with E-state index in [-0.39, 0.29) is 5.97 Å². The largest absolute Gasteiger partial charge is 0.467 e. The number of carbonyl (C=O) groups is 1. The summed E-state index contributed by atoms with van der Waals surface area (Å²) in [4.78, 5) is 15.5. The first-order valence-electron chi connectivity index (χ1n) is 4.89. The van der Waals surface area contributed by atoms with E-state index in [1.165, 1.54) is 7.11 Å². The van der Waals surface area contributed by atoms with Gasteiger partial charge in [0, 0.05) is 16.3 Å². The zero-order valence-electron chi connectivity index (χ0n) is 9.06. The van der Waals surface area contributed by atoms with Gasteiger partial charge in [0.1, 0.15) is 11.9 Å². The Morgan fingerprint density at radius 3 is 3.12 bits per heavy atom. The third-order valence-corrected chi connectivity index (χ3v) is 3.17. The molecule has 0 fully saturated rings. The standard InChI is InChI=1S/C11H12N2O2S/c1-7(11(14)15-2)13-10-8-4-6-16-9(8)3-5-12-10/h3-7H,1-2H3,(H,12,13). The molecule has 0 aliphatic heterocycles. The van der Waals surface area contributed by atoms with Crippen molar-refractivity contribution >= 4 is 33.2 Å². The van der Waals surface area contributed by atoms with E-state index in [2.05, 4.69) is 15.0 Å². The molecule has 5 heteroatoms. The summed E-state index contributed by atoms with van der Waals surface area (Å²) < 4.78 is 5.80. The molecule has 0 radical (unpaired) electrons. The molecule has 0 aromatic carbocycles. The van der Waals surface area contributed by atoms with Gasteiger partial charge in [-0.25, -0.2) is 9.78 Å². The Kier molecular flexibility index (Phi) is 3.05. The van der Waals surface area contributed by atoms with Crippen molar-refractivity contribution in [3.8, 4) is 0 Å². The van der Waals surface area contributed by atoms with Crippen LogP contribution < -0.4 is 5.32 Å². The highest BCUT2D eigenvalue weighted by atomic mass is 32.1. The van der Waals surface area contributed by atoms with E-state index in [1.54, 1.807) is 24.5 Å². The Hall–Kier alpha value is -1.62. The number of pyridine rings is 1. The summed E-state index contributed by atoms with van der Waals surface area (Å²) in [6.07, 6.45) is 1.73. The molecule has 16 heavy (non-hydrogen) atoms. The molecule has 1 unspecified atom stereocenters. The van der Waals surface area contributed by atoms with E-state index in [0.717, 1.165) is 15.9 Å². The van der Waals surface area contributed by atoms with Crippen LogP contribution in [0.1, 0.15) is 6.92 Å². The fourth-order valence-electron chi connectivity index (χ4n) is 1.45. The molecule has 1 N–H and O–H groups in total. The first-order chi connectivity index (χ1) is 7.72. The Morgan fingerprint density at radius 1 is 1.56 bits per heavy atom. The molecular weight excluding hydrogens is 224 g/mol. The molecule has 84 valence electrons. The third kappa shape index (κ3) is 1.99. The number of carbonyl (C=O) groups excluding carboxylic acids is 1. The van der Waals surface area contributed by atoms with Gasteiger partial charge < -0.3 is 10.1 Å². The number of esters is 1. The van der Waals surface area contributed by atoms with Gasteiger partial charge in [-0.15, -0.1) is 11.3 Å². The number of methoxy groups -OCH3 is 1. The monoisotopic (exact) mass is 236 g/mol. The fourth-order valence-corrected chi connectivity index (χ4v) is 2.23. The van der Waals surface area contributed by atoms with Gasteiger partial charge in [0.15, 0.2) is 0 Å². The minimum Gasteiger partial charge on any atom is -0.467 e. The normalized spacial score (nSPS) is 12.4. The van der Waals surface area contributed by atoms with Crippen LogP contribution in [-0.4, -0.2) is 24.1 Å². The molecule has 4 nitrogen and oxygen atoms in total. The molecular formula is C11H12N2O2S. The average molecular weight is 236 g/mol. The van der Waals surface area contributed by atoms with E-state index >= 15 is 0 Å². The summed E-state index contributed by atoms with van der Waals surface area (Å²) in [6, 6.07) is 3.54. The Bertz CT molecular complexity index is 509. The van der Waals surface area contributed by atoms with Crippen LogP contribution in [-0.2, 0) is 9.53 Å². The van der Waals surface area contributed by atoms with Gasteiger partial charge in [0.25, 0.3) is 0 Å². The second-order valence-corrected chi connectivity index (χ2v) is 4.33. The molecule has 0 amide bonds. The van der Waals surface area contributed by atoms with Crippen molar-refractivity contribution in [1.29, 1.82) is 0 Å². The molecule has 2 rings (SSSR count). The number of nitrogens with one attached hydrogen (secondary N) is 1. The van der Waals surface area contributed by atoms with Crippen LogP contribution in [0, 0.1) is 0 Å². The minimum atomic E-state index is -0.400. The van der Waals surface area contributed by atoms with Gasteiger partial charge in [-0.2, -0.15) is 0 Å². The number of hydrogen-bond acceptors (Lipinski definition) is 5. The molecule has 2 heterocycles. The number of aromatic nitrogens is 1. The molecule has 2 aromatic heterocycles. The predicted molar refractivity (Wildman–Crippen MR) is 64.7 cm³/mol. The first kappa shape index (κ1) is 10.9. The van der Waals surface area contributed by atoms with Crippen LogP contribution in [0.5, 0.6) is 0 Å². The summed E-state index contributed by atoms with van der Waals surface area (Å²) in [7, 11) is 1.37. The maximum absolute atomic E-state index is 11.3. The minimum absolute atomic E-state index is 0.297. The van der Waals surface area contributed by atoms with Crippen molar-refractivity contribution in [2.75, 3.05) is 12.4 Å². The van der Waals surface area contributed by atoms with Gasteiger partial charge in [-0.05, 0) is 24.4 Å². The zero-order chi connectivity index (χ0) is 11.5.